The fraction of sp³-hybridized carbons (Fsp3) is 0.227. The summed E-state index contributed by atoms with van der Waals surface area (Å²) < 4.78 is 14.1. The average molecular weight is 489 g/mol. The number of nitrogens with zero attached hydrogens (tertiary/aromatic N) is 2. The van der Waals surface area contributed by atoms with Crippen molar-refractivity contribution in [3.63, 3.8) is 0 Å². The van der Waals surface area contributed by atoms with Gasteiger partial charge >= 0.3 is 0 Å². The summed E-state index contributed by atoms with van der Waals surface area (Å²) in [6, 6.07) is 16.4. The number of nitrogens with one attached hydrogen (secondary N) is 1. The van der Waals surface area contributed by atoms with Crippen LogP contribution in [0.2, 0.25) is 0 Å². The van der Waals surface area contributed by atoms with Crippen LogP contribution in [0.1, 0.15) is 22.5 Å². The van der Waals surface area contributed by atoms with Crippen molar-refractivity contribution in [2.45, 2.75) is 20.4 Å². The van der Waals surface area contributed by atoms with Crippen molar-refractivity contribution in [2.24, 2.45) is 5.10 Å². The molecular weight excluding hydrogens is 465 g/mol. The van der Waals surface area contributed by atoms with Gasteiger partial charge in [0, 0.05) is 20.5 Å². The molecular formula is C22H24IN3O2. The zero-order chi connectivity index (χ0) is 20.1. The molecule has 2 aromatic carbocycles. The molecule has 5 nitrogen and oxygen atoms in total. The van der Waals surface area contributed by atoms with Gasteiger partial charge in [0.25, 0.3) is 0 Å². The fourth-order valence-corrected chi connectivity index (χ4v) is 3.79. The molecule has 28 heavy (non-hydrogen) atoms. The van der Waals surface area contributed by atoms with Gasteiger partial charge in [0.2, 0.25) is 0 Å². The standard InChI is InChI=1S/C22H24IN3O2/c1-15-11-18(16(2)26(15)20-8-6-5-7-19(20)23)14-25-24-13-17-9-10-21(27-3)22(12-17)28-4/h5-12,14,24H,13H2,1-4H3/b25-14-. The minimum Gasteiger partial charge on any atom is -0.493 e. The van der Waals surface area contributed by atoms with Crippen LogP contribution in [-0.2, 0) is 6.54 Å². The van der Waals surface area contributed by atoms with Crippen LogP contribution in [0.4, 0.5) is 0 Å². The maximum atomic E-state index is 5.34. The molecule has 0 bridgehead atoms. The lowest BCUT2D eigenvalue weighted by atomic mass is 10.2. The second-order valence-corrected chi connectivity index (χ2v) is 7.56. The molecule has 1 heterocycles. The lowest BCUT2D eigenvalue weighted by Gasteiger charge is -2.11. The number of rotatable bonds is 7. The van der Waals surface area contributed by atoms with Crippen molar-refractivity contribution >= 4 is 28.8 Å². The molecule has 0 saturated heterocycles. The minimum atomic E-state index is 0.603. The first-order valence-corrected chi connectivity index (χ1v) is 10.0. The second-order valence-electron chi connectivity index (χ2n) is 6.40. The van der Waals surface area contributed by atoms with Crippen molar-refractivity contribution in [3.8, 4) is 17.2 Å². The van der Waals surface area contributed by atoms with Crippen LogP contribution in [0.25, 0.3) is 5.69 Å². The quantitative estimate of drug-likeness (QED) is 0.294. The summed E-state index contributed by atoms with van der Waals surface area (Å²) in [6.45, 7) is 4.84. The molecule has 1 aromatic heterocycles. The van der Waals surface area contributed by atoms with Gasteiger partial charge in [-0.05, 0) is 72.3 Å². The van der Waals surface area contributed by atoms with Crippen LogP contribution in [0.5, 0.6) is 11.5 Å². The van der Waals surface area contributed by atoms with E-state index in [1.54, 1.807) is 14.2 Å². The highest BCUT2D eigenvalue weighted by Crippen LogP contribution is 2.27. The molecule has 0 amide bonds. The van der Waals surface area contributed by atoms with E-state index >= 15 is 0 Å². The molecule has 0 aliphatic heterocycles. The Kier molecular flexibility index (Phi) is 6.61. The second kappa shape index (κ2) is 9.14. The van der Waals surface area contributed by atoms with Crippen molar-refractivity contribution < 1.29 is 9.47 Å². The van der Waals surface area contributed by atoms with Gasteiger partial charge in [-0.3, -0.25) is 0 Å². The van der Waals surface area contributed by atoms with Gasteiger partial charge in [0.15, 0.2) is 11.5 Å². The number of methoxy groups -OCH3 is 2. The Hall–Kier alpha value is -2.48. The first kappa shape index (κ1) is 20.3. The number of aromatic nitrogens is 1. The zero-order valence-electron chi connectivity index (χ0n) is 16.5. The van der Waals surface area contributed by atoms with Gasteiger partial charge in [0.1, 0.15) is 0 Å². The molecule has 0 atom stereocenters. The highest BCUT2D eigenvalue weighted by atomic mass is 127. The Balaban J connectivity index is 1.72. The van der Waals surface area contributed by atoms with Crippen LogP contribution in [0.15, 0.2) is 53.6 Å². The van der Waals surface area contributed by atoms with E-state index in [9.17, 15) is 0 Å². The molecule has 1 N–H and O–H groups in total. The van der Waals surface area contributed by atoms with Gasteiger partial charge in [0.05, 0.1) is 32.7 Å². The molecule has 0 radical (unpaired) electrons. The Morgan fingerprint density at radius 1 is 1.04 bits per heavy atom. The first-order valence-electron chi connectivity index (χ1n) is 8.95. The first-order chi connectivity index (χ1) is 13.5. The highest BCUT2D eigenvalue weighted by molar-refractivity contribution is 14.1. The maximum Gasteiger partial charge on any atom is 0.161 e. The van der Waals surface area contributed by atoms with E-state index in [0.717, 1.165) is 16.9 Å². The van der Waals surface area contributed by atoms with Crippen molar-refractivity contribution in [3.05, 3.63) is 74.6 Å². The zero-order valence-corrected chi connectivity index (χ0v) is 18.6. The third kappa shape index (κ3) is 4.32. The minimum absolute atomic E-state index is 0.603. The number of para-hydroxylation sites is 1. The molecule has 146 valence electrons. The van der Waals surface area contributed by atoms with E-state index in [0.29, 0.717) is 12.3 Å². The van der Waals surface area contributed by atoms with Gasteiger partial charge in [-0.2, -0.15) is 5.10 Å². The van der Waals surface area contributed by atoms with E-state index in [2.05, 4.69) is 81.9 Å². The molecule has 0 fully saturated rings. The molecule has 0 saturated carbocycles. The molecule has 3 rings (SSSR count). The largest absolute Gasteiger partial charge is 0.493 e. The van der Waals surface area contributed by atoms with Crippen molar-refractivity contribution in [2.75, 3.05) is 14.2 Å². The van der Waals surface area contributed by atoms with E-state index in [4.69, 9.17) is 9.47 Å². The summed E-state index contributed by atoms with van der Waals surface area (Å²) in [6.07, 6.45) is 1.87. The van der Waals surface area contributed by atoms with Crippen LogP contribution in [0.3, 0.4) is 0 Å². The lowest BCUT2D eigenvalue weighted by molar-refractivity contribution is 0.354. The Morgan fingerprint density at radius 3 is 2.50 bits per heavy atom. The molecule has 3 aromatic rings. The van der Waals surface area contributed by atoms with Crippen molar-refractivity contribution in [1.82, 2.24) is 9.99 Å². The Morgan fingerprint density at radius 2 is 1.79 bits per heavy atom. The third-order valence-electron chi connectivity index (χ3n) is 4.59. The Labute approximate surface area is 179 Å². The molecule has 0 aliphatic rings. The molecule has 0 spiro atoms. The van der Waals surface area contributed by atoms with E-state index in [-0.39, 0.29) is 0 Å². The van der Waals surface area contributed by atoms with Crippen LogP contribution < -0.4 is 14.9 Å². The summed E-state index contributed by atoms with van der Waals surface area (Å²) in [5.41, 5.74) is 8.81. The smallest absolute Gasteiger partial charge is 0.161 e. The summed E-state index contributed by atoms with van der Waals surface area (Å²) in [5, 5.41) is 4.40. The van der Waals surface area contributed by atoms with Gasteiger partial charge in [-0.1, -0.05) is 18.2 Å². The Bertz CT molecular complexity index is 995. The number of halogens is 1. The monoisotopic (exact) mass is 489 g/mol. The van der Waals surface area contributed by atoms with E-state index < -0.39 is 0 Å². The van der Waals surface area contributed by atoms with Crippen molar-refractivity contribution in [1.29, 1.82) is 0 Å². The number of aryl methyl sites for hydroxylation is 1. The van der Waals surface area contributed by atoms with Crippen LogP contribution in [-0.4, -0.2) is 25.0 Å². The fourth-order valence-electron chi connectivity index (χ4n) is 3.16. The molecule has 6 heteroatoms. The SMILES string of the molecule is COc1ccc(CN/N=C\c2cc(C)n(-c3ccccc3I)c2C)cc1OC. The molecule has 0 aliphatic carbocycles. The lowest BCUT2D eigenvalue weighted by Crippen LogP contribution is -2.06. The van der Waals surface area contributed by atoms with Crippen LogP contribution in [0, 0.1) is 17.4 Å². The predicted octanol–water partition coefficient (Wildman–Crippen LogP) is 4.84. The summed E-state index contributed by atoms with van der Waals surface area (Å²) in [7, 11) is 3.27. The van der Waals surface area contributed by atoms with E-state index in [1.165, 1.54) is 20.6 Å². The number of ether oxygens (including phenoxy) is 2. The van der Waals surface area contributed by atoms with Crippen LogP contribution >= 0.6 is 22.6 Å². The predicted molar refractivity (Wildman–Crippen MR) is 122 cm³/mol. The number of hydrogen-bond donors (Lipinski definition) is 1. The van der Waals surface area contributed by atoms with Gasteiger partial charge in [-0.15, -0.1) is 0 Å². The summed E-state index contributed by atoms with van der Waals surface area (Å²) in [5.74, 6) is 1.43. The van der Waals surface area contributed by atoms with Gasteiger partial charge in [-0.25, -0.2) is 0 Å². The number of hydrazone groups is 1. The number of hydrogen-bond acceptors (Lipinski definition) is 4. The number of benzene rings is 2. The van der Waals surface area contributed by atoms with E-state index in [1.807, 2.05) is 24.4 Å². The third-order valence-corrected chi connectivity index (χ3v) is 5.50. The highest BCUT2D eigenvalue weighted by Gasteiger charge is 2.11. The summed E-state index contributed by atoms with van der Waals surface area (Å²) >= 11 is 2.37. The topological polar surface area (TPSA) is 47.8 Å². The average Bonchev–Trinajstić information content (AvgIpc) is 2.98. The van der Waals surface area contributed by atoms with Gasteiger partial charge < -0.3 is 19.5 Å². The normalized spacial score (nSPS) is 11.0. The summed E-state index contributed by atoms with van der Waals surface area (Å²) in [4.78, 5) is 0. The molecule has 0 unspecified atom stereocenters. The maximum absolute atomic E-state index is 5.34.